The lowest BCUT2D eigenvalue weighted by Gasteiger charge is -2.19. The van der Waals surface area contributed by atoms with Crippen LogP contribution in [0.1, 0.15) is 26.7 Å². The Morgan fingerprint density at radius 2 is 2.29 bits per heavy atom. The minimum atomic E-state index is -0.905. The maximum atomic E-state index is 11.3. The molecule has 4 heteroatoms. The first-order valence-corrected chi connectivity index (χ1v) is 4.68. The summed E-state index contributed by atoms with van der Waals surface area (Å²) >= 11 is 0. The van der Waals surface area contributed by atoms with Crippen molar-refractivity contribution in [2.24, 2.45) is 0 Å². The highest BCUT2D eigenvalue weighted by atomic mass is 16.4. The van der Waals surface area contributed by atoms with Crippen molar-refractivity contribution in [1.29, 1.82) is 0 Å². The molecule has 1 heterocycles. The van der Waals surface area contributed by atoms with Crippen molar-refractivity contribution in [2.75, 3.05) is 6.54 Å². The monoisotopic (exact) mass is 197 g/mol. The van der Waals surface area contributed by atoms with E-state index in [1.807, 2.05) is 19.9 Å². The largest absolute Gasteiger partial charge is 0.480 e. The molecule has 1 atom stereocenters. The molecule has 1 saturated heterocycles. The quantitative estimate of drug-likeness (QED) is 0.687. The molecule has 1 fully saturated rings. The topological polar surface area (TPSA) is 57.6 Å². The van der Waals surface area contributed by atoms with Gasteiger partial charge in [0.25, 0.3) is 0 Å². The number of hydrogen-bond acceptors (Lipinski definition) is 2. The van der Waals surface area contributed by atoms with Gasteiger partial charge in [0.1, 0.15) is 6.04 Å². The third-order valence-corrected chi connectivity index (χ3v) is 2.31. The third kappa shape index (κ3) is 2.34. The molecular formula is C10H15NO3. The van der Waals surface area contributed by atoms with E-state index >= 15 is 0 Å². The molecule has 0 spiro atoms. The molecule has 0 aromatic rings. The number of carbonyl (C=O) groups is 2. The summed E-state index contributed by atoms with van der Waals surface area (Å²) in [5, 5.41) is 8.85. The van der Waals surface area contributed by atoms with Gasteiger partial charge in [0, 0.05) is 13.0 Å². The fourth-order valence-corrected chi connectivity index (χ4v) is 1.50. The van der Waals surface area contributed by atoms with Crippen LogP contribution >= 0.6 is 0 Å². The van der Waals surface area contributed by atoms with E-state index < -0.39 is 12.0 Å². The molecule has 78 valence electrons. The summed E-state index contributed by atoms with van der Waals surface area (Å²) < 4.78 is 0. The molecule has 0 aromatic carbocycles. The van der Waals surface area contributed by atoms with E-state index in [0.717, 1.165) is 5.57 Å². The van der Waals surface area contributed by atoms with Crippen molar-refractivity contribution in [3.05, 3.63) is 11.6 Å². The van der Waals surface area contributed by atoms with E-state index in [9.17, 15) is 9.59 Å². The van der Waals surface area contributed by atoms with E-state index in [1.165, 1.54) is 4.90 Å². The van der Waals surface area contributed by atoms with Crippen molar-refractivity contribution in [3.63, 3.8) is 0 Å². The predicted octanol–water partition coefficient (Wildman–Crippen LogP) is 1.03. The molecule has 14 heavy (non-hydrogen) atoms. The number of hydrogen-bond donors (Lipinski definition) is 1. The number of carbonyl (C=O) groups excluding carboxylic acids is 1. The van der Waals surface area contributed by atoms with Gasteiger partial charge in [0.15, 0.2) is 0 Å². The van der Waals surface area contributed by atoms with Crippen LogP contribution in [-0.4, -0.2) is 34.5 Å². The van der Waals surface area contributed by atoms with E-state index in [2.05, 4.69) is 0 Å². The molecule has 0 radical (unpaired) electrons. The zero-order valence-corrected chi connectivity index (χ0v) is 8.49. The SMILES string of the molecule is CC(C)=CCN1C(=O)CCC1C(=O)O. The van der Waals surface area contributed by atoms with Crippen LogP contribution in [0.3, 0.4) is 0 Å². The first-order valence-electron chi connectivity index (χ1n) is 4.68. The molecule has 1 rings (SSSR count). The maximum Gasteiger partial charge on any atom is 0.326 e. The van der Waals surface area contributed by atoms with Gasteiger partial charge in [0.05, 0.1) is 0 Å². The van der Waals surface area contributed by atoms with Gasteiger partial charge < -0.3 is 10.0 Å². The van der Waals surface area contributed by atoms with Crippen LogP contribution in [0.15, 0.2) is 11.6 Å². The Labute approximate surface area is 83.2 Å². The normalized spacial score (nSPS) is 21.1. The van der Waals surface area contributed by atoms with Gasteiger partial charge >= 0.3 is 5.97 Å². The lowest BCUT2D eigenvalue weighted by atomic mass is 10.2. The van der Waals surface area contributed by atoms with E-state index in [-0.39, 0.29) is 5.91 Å². The van der Waals surface area contributed by atoms with E-state index in [1.54, 1.807) is 0 Å². The minimum Gasteiger partial charge on any atom is -0.480 e. The Morgan fingerprint density at radius 1 is 1.64 bits per heavy atom. The Bertz CT molecular complexity index is 279. The smallest absolute Gasteiger partial charge is 0.326 e. The zero-order chi connectivity index (χ0) is 10.7. The van der Waals surface area contributed by atoms with E-state index in [0.29, 0.717) is 19.4 Å². The standard InChI is InChI=1S/C10H15NO3/c1-7(2)5-6-11-8(10(13)14)3-4-9(11)12/h5,8H,3-4,6H2,1-2H3,(H,13,14). The molecular weight excluding hydrogens is 182 g/mol. The van der Waals surface area contributed by atoms with Gasteiger partial charge in [-0.25, -0.2) is 4.79 Å². The second kappa shape index (κ2) is 4.26. The lowest BCUT2D eigenvalue weighted by molar-refractivity contribution is -0.145. The number of allylic oxidation sites excluding steroid dienone is 1. The number of nitrogens with zero attached hydrogens (tertiary/aromatic N) is 1. The second-order valence-corrected chi connectivity index (χ2v) is 3.72. The molecule has 1 amide bonds. The van der Waals surface area contributed by atoms with Crippen LogP contribution in [-0.2, 0) is 9.59 Å². The first kappa shape index (κ1) is 10.8. The summed E-state index contributed by atoms with van der Waals surface area (Å²) in [5.74, 6) is -0.965. The molecule has 1 aliphatic heterocycles. The van der Waals surface area contributed by atoms with Crippen LogP contribution in [0.2, 0.25) is 0 Å². The van der Waals surface area contributed by atoms with Crippen molar-refractivity contribution in [3.8, 4) is 0 Å². The molecule has 4 nitrogen and oxygen atoms in total. The lowest BCUT2D eigenvalue weighted by Crippen LogP contribution is -2.38. The summed E-state index contributed by atoms with van der Waals surface area (Å²) in [6, 6.07) is -0.627. The Hall–Kier alpha value is -1.32. The van der Waals surface area contributed by atoms with Gasteiger partial charge in [-0.1, -0.05) is 11.6 Å². The van der Waals surface area contributed by atoms with Gasteiger partial charge in [-0.3, -0.25) is 4.79 Å². The molecule has 1 N–H and O–H groups in total. The molecule has 0 aromatic heterocycles. The number of carboxylic acid groups (broad SMARTS) is 1. The number of amides is 1. The summed E-state index contributed by atoms with van der Waals surface area (Å²) in [4.78, 5) is 23.5. The number of rotatable bonds is 3. The zero-order valence-electron chi connectivity index (χ0n) is 8.49. The van der Waals surface area contributed by atoms with Crippen molar-refractivity contribution < 1.29 is 14.7 Å². The van der Waals surface area contributed by atoms with Crippen molar-refractivity contribution in [1.82, 2.24) is 4.90 Å². The average molecular weight is 197 g/mol. The summed E-state index contributed by atoms with van der Waals surface area (Å²) in [6.07, 6.45) is 2.66. The minimum absolute atomic E-state index is 0.0603. The Morgan fingerprint density at radius 3 is 2.79 bits per heavy atom. The third-order valence-electron chi connectivity index (χ3n) is 2.31. The highest BCUT2D eigenvalue weighted by Gasteiger charge is 2.34. The average Bonchev–Trinajstić information content (AvgIpc) is 2.43. The van der Waals surface area contributed by atoms with Gasteiger partial charge in [-0.2, -0.15) is 0 Å². The van der Waals surface area contributed by atoms with Crippen LogP contribution in [0.25, 0.3) is 0 Å². The molecule has 1 aliphatic rings. The van der Waals surface area contributed by atoms with E-state index in [4.69, 9.17) is 5.11 Å². The summed E-state index contributed by atoms with van der Waals surface area (Å²) in [5.41, 5.74) is 1.09. The van der Waals surface area contributed by atoms with Crippen LogP contribution < -0.4 is 0 Å². The van der Waals surface area contributed by atoms with Crippen molar-refractivity contribution in [2.45, 2.75) is 32.7 Å². The van der Waals surface area contributed by atoms with Crippen LogP contribution in [0.4, 0.5) is 0 Å². The second-order valence-electron chi connectivity index (χ2n) is 3.72. The van der Waals surface area contributed by atoms with Crippen molar-refractivity contribution >= 4 is 11.9 Å². The summed E-state index contributed by atoms with van der Waals surface area (Å²) in [7, 11) is 0. The highest BCUT2D eigenvalue weighted by molar-refractivity contribution is 5.87. The van der Waals surface area contributed by atoms with Gasteiger partial charge in [0.2, 0.25) is 5.91 Å². The maximum absolute atomic E-state index is 11.3. The fraction of sp³-hybridized carbons (Fsp3) is 0.600. The van der Waals surface area contributed by atoms with Crippen LogP contribution in [0.5, 0.6) is 0 Å². The van der Waals surface area contributed by atoms with Gasteiger partial charge in [-0.15, -0.1) is 0 Å². The Kier molecular flexibility index (Phi) is 3.28. The fourth-order valence-electron chi connectivity index (χ4n) is 1.50. The molecule has 0 bridgehead atoms. The predicted molar refractivity (Wildman–Crippen MR) is 51.8 cm³/mol. The number of likely N-dealkylation sites (tertiary alicyclic amines) is 1. The number of carboxylic acids is 1. The molecule has 0 aliphatic carbocycles. The van der Waals surface area contributed by atoms with Crippen LogP contribution in [0, 0.1) is 0 Å². The number of aliphatic carboxylic acids is 1. The summed E-state index contributed by atoms with van der Waals surface area (Å²) in [6.45, 7) is 4.27. The molecule has 1 unspecified atom stereocenters. The Balaban J connectivity index is 2.67. The first-order chi connectivity index (χ1) is 6.52. The van der Waals surface area contributed by atoms with Gasteiger partial charge in [-0.05, 0) is 20.3 Å². The highest BCUT2D eigenvalue weighted by Crippen LogP contribution is 2.18. The molecule has 0 saturated carbocycles.